The summed E-state index contributed by atoms with van der Waals surface area (Å²) in [5.74, 6) is -0.398. The fourth-order valence-corrected chi connectivity index (χ4v) is 4.30. The summed E-state index contributed by atoms with van der Waals surface area (Å²) in [5.41, 5.74) is 2.15. The third-order valence-electron chi connectivity index (χ3n) is 6.43. The van der Waals surface area contributed by atoms with E-state index in [-0.39, 0.29) is 6.54 Å². The zero-order valence-electron chi connectivity index (χ0n) is 28.3. The highest BCUT2D eigenvalue weighted by atomic mass is 16.6. The fourth-order valence-electron chi connectivity index (χ4n) is 4.30. The first kappa shape index (κ1) is 36.2. The molecule has 12 heteroatoms. The number of alkyl carbamates (subject to hydrolysis) is 1. The molecule has 252 valence electrons. The molecule has 0 aromatic heterocycles. The number of para-hydroxylation sites is 2. The quantitative estimate of drug-likeness (QED) is 0.157. The first-order valence-electron chi connectivity index (χ1n) is 15.3. The van der Waals surface area contributed by atoms with Gasteiger partial charge in [0.05, 0.1) is 17.4 Å². The van der Waals surface area contributed by atoms with E-state index in [1.165, 1.54) is 0 Å². The van der Waals surface area contributed by atoms with Crippen molar-refractivity contribution in [2.45, 2.75) is 65.2 Å². The highest BCUT2D eigenvalue weighted by Gasteiger charge is 2.20. The van der Waals surface area contributed by atoms with E-state index in [4.69, 9.17) is 9.47 Å². The maximum Gasteiger partial charge on any atom is 0.412 e. The lowest BCUT2D eigenvalue weighted by atomic mass is 10.0. The van der Waals surface area contributed by atoms with Gasteiger partial charge in [0.15, 0.2) is 0 Å². The van der Waals surface area contributed by atoms with Crippen molar-refractivity contribution in [2.75, 3.05) is 41.5 Å². The predicted octanol–water partition coefficient (Wildman–Crippen LogP) is 7.13. The van der Waals surface area contributed by atoms with Crippen LogP contribution in [-0.4, -0.2) is 56.0 Å². The van der Waals surface area contributed by atoms with Crippen molar-refractivity contribution in [1.82, 2.24) is 10.6 Å². The number of hydrogen-bond donors (Lipinski definition) is 5. The lowest BCUT2D eigenvalue weighted by Gasteiger charge is -2.22. The second-order valence-corrected chi connectivity index (χ2v) is 13.1. The topological polar surface area (TPSA) is 150 Å². The van der Waals surface area contributed by atoms with E-state index < -0.39 is 41.4 Å². The van der Waals surface area contributed by atoms with Crippen LogP contribution in [0.3, 0.4) is 0 Å². The Morgan fingerprint density at radius 1 is 0.702 bits per heavy atom. The molecule has 1 atom stereocenters. The molecular weight excluding hydrogens is 600 g/mol. The average Bonchev–Trinajstić information content (AvgIpc) is 2.96. The van der Waals surface area contributed by atoms with Gasteiger partial charge in [0.2, 0.25) is 0 Å². The standard InChI is InChI=1S/C35H46N6O6/c1-34(2,3)46-32(44)36-22-21-27(39-31(43)37-25-17-19-26(20-18-25)41(7)8)23-13-15-24(16-14-23)30(42)38-28-11-9-10-12-29(28)40-33(45)47-35(4,5)6/h9-20,27H,21-22H2,1-8H3,(H,36,44)(H,38,42)(H,40,45)(H2,37,39,43). The number of nitrogens with zero attached hydrogens (tertiary/aromatic N) is 1. The molecule has 0 fully saturated rings. The number of carbonyl (C=O) groups excluding carboxylic acids is 4. The molecule has 0 spiro atoms. The van der Waals surface area contributed by atoms with Crippen LogP contribution in [0.25, 0.3) is 0 Å². The van der Waals surface area contributed by atoms with Gasteiger partial charge in [-0.3, -0.25) is 10.1 Å². The van der Waals surface area contributed by atoms with E-state index in [0.29, 0.717) is 29.0 Å². The van der Waals surface area contributed by atoms with E-state index in [2.05, 4.69) is 26.6 Å². The van der Waals surface area contributed by atoms with Crippen LogP contribution in [0.5, 0.6) is 0 Å². The molecule has 0 radical (unpaired) electrons. The highest BCUT2D eigenvalue weighted by Crippen LogP contribution is 2.24. The number of amides is 5. The van der Waals surface area contributed by atoms with Crippen LogP contribution in [0.2, 0.25) is 0 Å². The van der Waals surface area contributed by atoms with E-state index in [0.717, 1.165) is 11.3 Å². The normalized spacial score (nSPS) is 11.8. The molecule has 3 aromatic carbocycles. The van der Waals surface area contributed by atoms with Gasteiger partial charge in [-0.25, -0.2) is 14.4 Å². The smallest absolute Gasteiger partial charge is 0.412 e. The molecule has 0 aliphatic carbocycles. The maximum absolute atomic E-state index is 13.2. The van der Waals surface area contributed by atoms with Gasteiger partial charge in [0, 0.05) is 37.6 Å². The summed E-state index contributed by atoms with van der Waals surface area (Å²) in [5, 5.41) is 14.0. The summed E-state index contributed by atoms with van der Waals surface area (Å²) >= 11 is 0. The zero-order chi connectivity index (χ0) is 34.8. The Bertz CT molecular complexity index is 1530. The molecule has 1 unspecified atom stereocenters. The first-order chi connectivity index (χ1) is 22.0. The van der Waals surface area contributed by atoms with Gasteiger partial charge in [-0.2, -0.15) is 0 Å². The Hall–Kier alpha value is -5.26. The summed E-state index contributed by atoms with van der Waals surface area (Å²) in [7, 11) is 3.87. The lowest BCUT2D eigenvalue weighted by molar-refractivity contribution is 0.0525. The highest BCUT2D eigenvalue weighted by molar-refractivity contribution is 6.07. The molecule has 0 bridgehead atoms. The van der Waals surface area contributed by atoms with Crippen LogP contribution in [0.1, 0.15) is 69.9 Å². The molecule has 5 N–H and O–H groups in total. The van der Waals surface area contributed by atoms with Crippen LogP contribution in [0.4, 0.5) is 37.1 Å². The molecule has 0 aliphatic rings. The average molecular weight is 647 g/mol. The molecule has 3 aromatic rings. The zero-order valence-corrected chi connectivity index (χ0v) is 28.3. The number of hydrogen-bond acceptors (Lipinski definition) is 7. The van der Waals surface area contributed by atoms with Crippen LogP contribution in [-0.2, 0) is 9.47 Å². The molecule has 12 nitrogen and oxygen atoms in total. The van der Waals surface area contributed by atoms with Crippen molar-refractivity contribution in [1.29, 1.82) is 0 Å². The molecule has 0 aliphatic heterocycles. The molecule has 0 saturated heterocycles. The minimum absolute atomic E-state index is 0.223. The van der Waals surface area contributed by atoms with Crippen molar-refractivity contribution >= 4 is 46.9 Å². The van der Waals surface area contributed by atoms with Crippen molar-refractivity contribution < 1.29 is 28.7 Å². The Kier molecular flexibility index (Phi) is 12.2. The predicted molar refractivity (Wildman–Crippen MR) is 185 cm³/mol. The number of benzene rings is 3. The number of urea groups is 1. The van der Waals surface area contributed by atoms with Crippen molar-refractivity contribution in [3.8, 4) is 0 Å². The summed E-state index contributed by atoms with van der Waals surface area (Å²) < 4.78 is 10.7. The molecule has 0 saturated carbocycles. The van der Waals surface area contributed by atoms with Crippen LogP contribution in [0, 0.1) is 0 Å². The fraction of sp³-hybridized carbons (Fsp3) is 0.371. The molecule has 47 heavy (non-hydrogen) atoms. The lowest BCUT2D eigenvalue weighted by Crippen LogP contribution is -2.37. The minimum Gasteiger partial charge on any atom is -0.444 e. The van der Waals surface area contributed by atoms with E-state index >= 15 is 0 Å². The molecule has 0 heterocycles. The summed E-state index contributed by atoms with van der Waals surface area (Å²) in [6.45, 7) is 10.8. The molecule has 3 rings (SSSR count). The first-order valence-corrected chi connectivity index (χ1v) is 15.3. The number of carbonyl (C=O) groups is 4. The van der Waals surface area contributed by atoms with Gasteiger partial charge >= 0.3 is 18.2 Å². The minimum atomic E-state index is -0.680. The Morgan fingerprint density at radius 2 is 1.26 bits per heavy atom. The summed E-state index contributed by atoms with van der Waals surface area (Å²) in [4.78, 5) is 52.7. The van der Waals surface area contributed by atoms with E-state index in [1.54, 1.807) is 90.1 Å². The van der Waals surface area contributed by atoms with Gasteiger partial charge in [0.1, 0.15) is 11.2 Å². The molecular formula is C35H46N6O6. The third-order valence-corrected chi connectivity index (χ3v) is 6.43. The van der Waals surface area contributed by atoms with E-state index in [9.17, 15) is 19.2 Å². The maximum atomic E-state index is 13.2. The monoisotopic (exact) mass is 646 g/mol. The summed E-state index contributed by atoms with van der Waals surface area (Å²) in [6, 6.07) is 20.0. The van der Waals surface area contributed by atoms with Crippen LogP contribution in [0.15, 0.2) is 72.8 Å². The van der Waals surface area contributed by atoms with Crippen molar-refractivity contribution in [2.24, 2.45) is 0 Å². The molecule has 5 amide bonds. The van der Waals surface area contributed by atoms with Gasteiger partial charge in [-0.1, -0.05) is 24.3 Å². The number of anilines is 4. The Labute approximate surface area is 276 Å². The van der Waals surface area contributed by atoms with Gasteiger partial charge in [-0.05, 0) is 102 Å². The Balaban J connectivity index is 1.72. The number of nitrogens with one attached hydrogen (secondary N) is 5. The van der Waals surface area contributed by atoms with E-state index in [1.807, 2.05) is 43.3 Å². The van der Waals surface area contributed by atoms with Gasteiger partial charge < -0.3 is 35.6 Å². The number of ether oxygens (including phenoxy) is 2. The SMILES string of the molecule is CN(C)c1ccc(NC(=O)NC(CCNC(=O)OC(C)(C)C)c2ccc(C(=O)Nc3ccccc3NC(=O)OC(C)(C)C)cc2)cc1. The summed E-state index contributed by atoms with van der Waals surface area (Å²) in [6.07, 6.45) is -0.852. The number of rotatable bonds is 10. The van der Waals surface area contributed by atoms with Crippen molar-refractivity contribution in [3.63, 3.8) is 0 Å². The van der Waals surface area contributed by atoms with Crippen molar-refractivity contribution in [3.05, 3.63) is 83.9 Å². The largest absolute Gasteiger partial charge is 0.444 e. The third kappa shape index (κ3) is 12.6. The second-order valence-electron chi connectivity index (χ2n) is 13.1. The second kappa shape index (κ2) is 15.8. The van der Waals surface area contributed by atoms with Gasteiger partial charge in [-0.15, -0.1) is 0 Å². The Morgan fingerprint density at radius 3 is 1.81 bits per heavy atom. The van der Waals surface area contributed by atoms with Crippen LogP contribution >= 0.6 is 0 Å². The van der Waals surface area contributed by atoms with Crippen LogP contribution < -0.4 is 31.5 Å². The van der Waals surface area contributed by atoms with Gasteiger partial charge in [0.25, 0.3) is 5.91 Å².